The standard InChI is InChI=1S/C16H32N2O2/c1-13(7-6-8-14(2)17)16(20)18(11-12-19)15-9-4-3-5-10-15/h13-15,19H,3-12,17H2,1-2H3. The zero-order chi connectivity index (χ0) is 15.0. The van der Waals surface area contributed by atoms with Gasteiger partial charge in [0.25, 0.3) is 0 Å². The van der Waals surface area contributed by atoms with E-state index >= 15 is 0 Å². The number of nitrogens with two attached hydrogens (primary N) is 1. The molecular weight excluding hydrogens is 252 g/mol. The largest absolute Gasteiger partial charge is 0.395 e. The van der Waals surface area contributed by atoms with E-state index in [0.29, 0.717) is 12.6 Å². The molecule has 1 saturated carbocycles. The second-order valence-corrected chi connectivity index (χ2v) is 6.36. The Morgan fingerprint density at radius 2 is 1.90 bits per heavy atom. The number of aliphatic hydroxyl groups is 1. The molecule has 1 rings (SSSR count). The van der Waals surface area contributed by atoms with Gasteiger partial charge in [-0.3, -0.25) is 4.79 Å². The highest BCUT2D eigenvalue weighted by atomic mass is 16.3. The summed E-state index contributed by atoms with van der Waals surface area (Å²) < 4.78 is 0. The molecule has 0 aliphatic heterocycles. The summed E-state index contributed by atoms with van der Waals surface area (Å²) in [6.07, 6.45) is 8.76. The van der Waals surface area contributed by atoms with Gasteiger partial charge in [0.15, 0.2) is 0 Å². The van der Waals surface area contributed by atoms with E-state index in [-0.39, 0.29) is 24.5 Å². The van der Waals surface area contributed by atoms with Crippen molar-refractivity contribution in [3.05, 3.63) is 0 Å². The molecule has 1 fully saturated rings. The molecule has 3 N–H and O–H groups in total. The lowest BCUT2D eigenvalue weighted by molar-refractivity contribution is -0.139. The number of hydrogen-bond acceptors (Lipinski definition) is 3. The van der Waals surface area contributed by atoms with Gasteiger partial charge in [0.05, 0.1) is 6.61 Å². The third kappa shape index (κ3) is 5.80. The molecule has 0 spiro atoms. The zero-order valence-corrected chi connectivity index (χ0v) is 13.2. The molecule has 1 aliphatic carbocycles. The minimum absolute atomic E-state index is 0.0437. The summed E-state index contributed by atoms with van der Waals surface area (Å²) in [5.41, 5.74) is 5.75. The van der Waals surface area contributed by atoms with Crippen molar-refractivity contribution in [2.45, 2.75) is 77.3 Å². The van der Waals surface area contributed by atoms with Crippen LogP contribution in [0.2, 0.25) is 0 Å². The first-order valence-corrected chi connectivity index (χ1v) is 8.23. The maximum Gasteiger partial charge on any atom is 0.225 e. The summed E-state index contributed by atoms with van der Waals surface area (Å²) in [4.78, 5) is 14.5. The van der Waals surface area contributed by atoms with Gasteiger partial charge in [0, 0.05) is 24.5 Å². The second-order valence-electron chi connectivity index (χ2n) is 6.36. The van der Waals surface area contributed by atoms with E-state index in [4.69, 9.17) is 5.73 Å². The molecule has 1 aliphatic rings. The molecule has 4 heteroatoms. The van der Waals surface area contributed by atoms with E-state index in [9.17, 15) is 9.90 Å². The maximum absolute atomic E-state index is 12.6. The number of carbonyl (C=O) groups excluding carboxylic acids is 1. The maximum atomic E-state index is 12.6. The third-order valence-electron chi connectivity index (χ3n) is 4.36. The molecule has 0 radical (unpaired) electrons. The monoisotopic (exact) mass is 284 g/mol. The van der Waals surface area contributed by atoms with Gasteiger partial charge in [-0.25, -0.2) is 0 Å². The normalized spacial score (nSPS) is 19.6. The molecule has 0 bridgehead atoms. The summed E-state index contributed by atoms with van der Waals surface area (Å²) in [7, 11) is 0. The van der Waals surface area contributed by atoms with Gasteiger partial charge in [-0.1, -0.05) is 32.6 Å². The van der Waals surface area contributed by atoms with Crippen molar-refractivity contribution in [3.8, 4) is 0 Å². The van der Waals surface area contributed by atoms with Crippen molar-refractivity contribution in [2.75, 3.05) is 13.2 Å². The van der Waals surface area contributed by atoms with Crippen LogP contribution < -0.4 is 5.73 Å². The molecule has 0 saturated heterocycles. The molecular formula is C16H32N2O2. The van der Waals surface area contributed by atoms with Crippen molar-refractivity contribution in [3.63, 3.8) is 0 Å². The van der Waals surface area contributed by atoms with Crippen molar-refractivity contribution in [2.24, 2.45) is 11.7 Å². The van der Waals surface area contributed by atoms with Crippen LogP contribution in [0.1, 0.15) is 65.2 Å². The molecule has 0 aromatic rings. The molecule has 4 nitrogen and oxygen atoms in total. The van der Waals surface area contributed by atoms with Crippen molar-refractivity contribution < 1.29 is 9.90 Å². The summed E-state index contributed by atoms with van der Waals surface area (Å²) in [5, 5.41) is 9.24. The average molecular weight is 284 g/mol. The van der Waals surface area contributed by atoms with Crippen LogP contribution in [0.25, 0.3) is 0 Å². The Hall–Kier alpha value is -0.610. The number of rotatable bonds is 8. The average Bonchev–Trinajstić information content (AvgIpc) is 2.44. The molecule has 0 aromatic carbocycles. The van der Waals surface area contributed by atoms with E-state index < -0.39 is 0 Å². The number of nitrogens with zero attached hydrogens (tertiary/aromatic N) is 1. The lowest BCUT2D eigenvalue weighted by Crippen LogP contribution is -2.45. The summed E-state index contributed by atoms with van der Waals surface area (Å²) in [6, 6.07) is 0.559. The Labute approximate surface area is 123 Å². The fourth-order valence-electron chi connectivity index (χ4n) is 3.13. The predicted molar refractivity (Wildman–Crippen MR) is 82.3 cm³/mol. The SMILES string of the molecule is CC(N)CCCC(C)C(=O)N(CCO)C1CCCCC1. The lowest BCUT2D eigenvalue weighted by atomic mass is 9.92. The van der Waals surface area contributed by atoms with Crippen LogP contribution in [0.15, 0.2) is 0 Å². The number of hydrogen-bond donors (Lipinski definition) is 2. The quantitative estimate of drug-likeness (QED) is 0.718. The van der Waals surface area contributed by atoms with Crippen LogP contribution in [0.3, 0.4) is 0 Å². The van der Waals surface area contributed by atoms with Crippen LogP contribution in [0.4, 0.5) is 0 Å². The fraction of sp³-hybridized carbons (Fsp3) is 0.938. The topological polar surface area (TPSA) is 66.6 Å². The van der Waals surface area contributed by atoms with Gasteiger partial charge >= 0.3 is 0 Å². The van der Waals surface area contributed by atoms with Gasteiger partial charge in [-0.05, 0) is 32.6 Å². The van der Waals surface area contributed by atoms with E-state index in [1.165, 1.54) is 19.3 Å². The van der Waals surface area contributed by atoms with Crippen LogP contribution in [0.5, 0.6) is 0 Å². The van der Waals surface area contributed by atoms with Crippen molar-refractivity contribution in [1.82, 2.24) is 4.90 Å². The van der Waals surface area contributed by atoms with Crippen LogP contribution >= 0.6 is 0 Å². The summed E-state index contributed by atoms with van der Waals surface area (Å²) in [6.45, 7) is 4.57. The smallest absolute Gasteiger partial charge is 0.225 e. The number of amides is 1. The van der Waals surface area contributed by atoms with E-state index in [0.717, 1.165) is 32.1 Å². The van der Waals surface area contributed by atoms with Gasteiger partial charge in [0.2, 0.25) is 5.91 Å². The number of carbonyl (C=O) groups is 1. The summed E-state index contributed by atoms with van der Waals surface area (Å²) >= 11 is 0. The highest BCUT2D eigenvalue weighted by molar-refractivity contribution is 5.78. The molecule has 2 unspecified atom stereocenters. The molecule has 0 heterocycles. The number of aliphatic hydroxyl groups excluding tert-OH is 1. The van der Waals surface area contributed by atoms with Gasteiger partial charge in [0.1, 0.15) is 0 Å². The van der Waals surface area contributed by atoms with Crippen molar-refractivity contribution in [1.29, 1.82) is 0 Å². The summed E-state index contributed by atoms with van der Waals surface area (Å²) in [5.74, 6) is 0.262. The highest BCUT2D eigenvalue weighted by Crippen LogP contribution is 2.24. The molecule has 0 aromatic heterocycles. The Balaban J connectivity index is 2.49. The molecule has 118 valence electrons. The molecule has 1 amide bonds. The lowest BCUT2D eigenvalue weighted by Gasteiger charge is -2.35. The Bertz CT molecular complexity index is 276. The third-order valence-corrected chi connectivity index (χ3v) is 4.36. The first-order valence-electron chi connectivity index (χ1n) is 8.23. The van der Waals surface area contributed by atoms with E-state index in [2.05, 4.69) is 0 Å². The van der Waals surface area contributed by atoms with E-state index in [1.54, 1.807) is 0 Å². The van der Waals surface area contributed by atoms with Crippen LogP contribution in [-0.4, -0.2) is 41.1 Å². The van der Waals surface area contributed by atoms with E-state index in [1.807, 2.05) is 18.7 Å². The minimum atomic E-state index is 0.0437. The fourth-order valence-corrected chi connectivity index (χ4v) is 3.13. The van der Waals surface area contributed by atoms with Crippen LogP contribution in [0, 0.1) is 5.92 Å². The van der Waals surface area contributed by atoms with Crippen molar-refractivity contribution >= 4 is 5.91 Å². The molecule has 20 heavy (non-hydrogen) atoms. The second kappa shape index (κ2) is 9.35. The Kier molecular flexibility index (Phi) is 8.15. The van der Waals surface area contributed by atoms with Crippen LogP contribution in [-0.2, 0) is 4.79 Å². The first kappa shape index (κ1) is 17.4. The molecule has 2 atom stereocenters. The Morgan fingerprint density at radius 1 is 1.25 bits per heavy atom. The van der Waals surface area contributed by atoms with Gasteiger partial charge in [-0.2, -0.15) is 0 Å². The zero-order valence-electron chi connectivity index (χ0n) is 13.2. The first-order chi connectivity index (χ1) is 9.56. The van der Waals surface area contributed by atoms with Gasteiger partial charge < -0.3 is 15.7 Å². The predicted octanol–water partition coefficient (Wildman–Crippen LogP) is 2.29. The highest BCUT2D eigenvalue weighted by Gasteiger charge is 2.27. The minimum Gasteiger partial charge on any atom is -0.395 e. The Morgan fingerprint density at radius 3 is 2.45 bits per heavy atom. The van der Waals surface area contributed by atoms with Gasteiger partial charge in [-0.15, -0.1) is 0 Å².